The number of anilines is 2. The van der Waals surface area contributed by atoms with Crippen LogP contribution in [-0.2, 0) is 5.54 Å². The highest BCUT2D eigenvalue weighted by Crippen LogP contribution is 2.43. The standard InChI is InChI=1S/C22H24FN7O3/c1-13(2)16-12-22(5-7-24,6-10-29(16)21(32)33)30-15-4-9-26-20(31)18(15)19(28-30)27-14-3-8-25-17(23)11-14/h3-4,8-9,11,13,16,28H,5-6,10,12H2,1-2H3,(H,25,27)(H,32,33). The highest BCUT2D eigenvalue weighted by molar-refractivity contribution is 5.77. The van der Waals surface area contributed by atoms with E-state index < -0.39 is 23.1 Å². The molecule has 1 fully saturated rings. The van der Waals surface area contributed by atoms with Gasteiger partial charge in [0.05, 0.1) is 23.7 Å². The minimum absolute atomic E-state index is 0.0235. The van der Waals surface area contributed by atoms with Crippen LogP contribution in [0.4, 0.5) is 20.7 Å². The number of pyridine rings is 2. The normalized spacial score (nSPS) is 20.7. The number of amides is 1. The molecule has 2 atom stereocenters. The van der Waals surface area contributed by atoms with E-state index >= 15 is 0 Å². The lowest BCUT2D eigenvalue weighted by atomic mass is 9.77. The Balaban J connectivity index is 1.84. The number of likely N-dealkylation sites (tertiary alicyclic amines) is 1. The smallest absolute Gasteiger partial charge is 0.407 e. The van der Waals surface area contributed by atoms with Crippen molar-refractivity contribution in [3.63, 3.8) is 0 Å². The average Bonchev–Trinajstić information content (AvgIpc) is 3.14. The molecular formula is C22H24FN7O3. The zero-order valence-corrected chi connectivity index (χ0v) is 18.2. The van der Waals surface area contributed by atoms with Crippen LogP contribution in [0.25, 0.3) is 11.3 Å². The van der Waals surface area contributed by atoms with E-state index in [0.29, 0.717) is 30.0 Å². The van der Waals surface area contributed by atoms with Crippen molar-refractivity contribution in [1.82, 2.24) is 24.6 Å². The largest absolute Gasteiger partial charge is 0.465 e. The number of H-pyrrole nitrogens is 1. The quantitative estimate of drug-likeness (QED) is 0.503. The molecule has 11 heteroatoms. The molecule has 0 aliphatic carbocycles. The minimum Gasteiger partial charge on any atom is -0.465 e. The summed E-state index contributed by atoms with van der Waals surface area (Å²) in [7, 11) is 0. The number of piperidine rings is 1. The maximum Gasteiger partial charge on any atom is 0.407 e. The van der Waals surface area contributed by atoms with Crippen LogP contribution < -0.4 is 10.9 Å². The first-order valence-corrected chi connectivity index (χ1v) is 10.6. The molecule has 0 aromatic carbocycles. The van der Waals surface area contributed by atoms with E-state index in [1.807, 2.05) is 13.8 Å². The van der Waals surface area contributed by atoms with Crippen LogP contribution in [0.15, 0.2) is 35.4 Å². The number of nitrogens with zero attached hydrogens (tertiary/aromatic N) is 5. The van der Waals surface area contributed by atoms with Gasteiger partial charge in [0.25, 0.3) is 5.56 Å². The second-order valence-electron chi connectivity index (χ2n) is 8.63. The van der Waals surface area contributed by atoms with Crippen molar-refractivity contribution in [3.05, 3.63) is 46.9 Å². The molecule has 0 spiro atoms. The Hall–Kier alpha value is -3.94. The van der Waals surface area contributed by atoms with Crippen LogP contribution >= 0.6 is 0 Å². The molecular weight excluding hydrogens is 429 g/mol. The van der Waals surface area contributed by atoms with Gasteiger partial charge in [-0.1, -0.05) is 13.8 Å². The van der Waals surface area contributed by atoms with Crippen LogP contribution in [-0.4, -0.2) is 48.4 Å². The Morgan fingerprint density at radius 1 is 1.42 bits per heavy atom. The fraction of sp³-hybridized carbons (Fsp3) is 0.409. The van der Waals surface area contributed by atoms with E-state index in [2.05, 4.69) is 26.5 Å². The molecule has 0 saturated carbocycles. The summed E-state index contributed by atoms with van der Waals surface area (Å²) >= 11 is 0. The van der Waals surface area contributed by atoms with Crippen LogP contribution in [0.5, 0.6) is 0 Å². The third kappa shape index (κ3) is 4.00. The Morgan fingerprint density at radius 2 is 2.18 bits per heavy atom. The Bertz CT molecular complexity index is 1250. The van der Waals surface area contributed by atoms with Crippen molar-refractivity contribution in [1.29, 1.82) is 5.26 Å². The van der Waals surface area contributed by atoms with Gasteiger partial charge in [-0.15, -0.1) is 0 Å². The van der Waals surface area contributed by atoms with E-state index in [0.717, 1.165) is 0 Å². The van der Waals surface area contributed by atoms with E-state index in [-0.39, 0.29) is 30.5 Å². The third-order valence-corrected chi connectivity index (χ3v) is 6.31. The van der Waals surface area contributed by atoms with E-state index in [9.17, 15) is 24.3 Å². The second-order valence-corrected chi connectivity index (χ2v) is 8.63. The molecule has 33 heavy (non-hydrogen) atoms. The average molecular weight is 453 g/mol. The summed E-state index contributed by atoms with van der Waals surface area (Å²) in [5, 5.41) is 25.6. The molecule has 3 N–H and O–H groups in total. The predicted molar refractivity (Wildman–Crippen MR) is 118 cm³/mol. The lowest BCUT2D eigenvalue weighted by Crippen LogP contribution is -2.55. The van der Waals surface area contributed by atoms with Crippen molar-refractivity contribution < 1.29 is 14.3 Å². The molecule has 1 aromatic rings. The monoisotopic (exact) mass is 453 g/mol. The number of nitriles is 1. The number of carbonyl (C=O) groups is 1. The Labute approximate surface area is 189 Å². The first kappa shape index (κ1) is 22.3. The molecule has 4 heterocycles. The number of fused-ring (bicyclic) bond motifs is 1. The second kappa shape index (κ2) is 8.54. The Morgan fingerprint density at radius 3 is 2.85 bits per heavy atom. The van der Waals surface area contributed by atoms with Gasteiger partial charge in [-0.2, -0.15) is 9.65 Å². The van der Waals surface area contributed by atoms with Gasteiger partial charge < -0.3 is 15.3 Å². The minimum atomic E-state index is -0.992. The van der Waals surface area contributed by atoms with Gasteiger partial charge in [-0.3, -0.25) is 14.6 Å². The van der Waals surface area contributed by atoms with Crippen molar-refractivity contribution >= 4 is 17.6 Å². The lowest BCUT2D eigenvalue weighted by molar-refractivity contribution is 0.0328. The molecule has 3 aliphatic heterocycles. The first-order valence-electron chi connectivity index (χ1n) is 10.6. The molecule has 172 valence electrons. The fourth-order valence-electron chi connectivity index (χ4n) is 4.69. The van der Waals surface area contributed by atoms with E-state index in [1.165, 1.54) is 23.4 Å². The lowest BCUT2D eigenvalue weighted by Gasteiger charge is -2.47. The summed E-state index contributed by atoms with van der Waals surface area (Å²) in [6.45, 7) is 4.15. The number of aromatic nitrogens is 4. The fourth-order valence-corrected chi connectivity index (χ4v) is 4.69. The summed E-state index contributed by atoms with van der Waals surface area (Å²) in [4.78, 5) is 33.3. The topological polar surface area (TPSA) is 140 Å². The summed E-state index contributed by atoms with van der Waals surface area (Å²) in [6.07, 6.45) is 2.61. The molecule has 1 amide bonds. The summed E-state index contributed by atoms with van der Waals surface area (Å²) < 4.78 is 15.4. The summed E-state index contributed by atoms with van der Waals surface area (Å²) in [6, 6.07) is 6.38. The molecule has 4 rings (SSSR count). The Kier molecular flexibility index (Phi) is 5.76. The summed E-state index contributed by atoms with van der Waals surface area (Å²) in [5.74, 6) is -0.339. The maximum absolute atomic E-state index is 13.6. The number of carboxylic acid groups (broad SMARTS) is 1. The van der Waals surface area contributed by atoms with Crippen LogP contribution in [0.1, 0.15) is 33.1 Å². The number of rotatable bonds is 5. The zero-order valence-electron chi connectivity index (χ0n) is 18.2. The van der Waals surface area contributed by atoms with Gasteiger partial charge in [-0.05, 0) is 30.9 Å². The molecule has 0 bridgehead atoms. The maximum atomic E-state index is 13.6. The van der Waals surface area contributed by atoms with Crippen LogP contribution in [0.3, 0.4) is 0 Å². The van der Waals surface area contributed by atoms with Crippen molar-refractivity contribution in [2.24, 2.45) is 5.92 Å². The number of hydrogen-bond acceptors (Lipinski definition) is 6. The van der Waals surface area contributed by atoms with Gasteiger partial charge in [0.15, 0.2) is 0 Å². The van der Waals surface area contributed by atoms with Crippen LogP contribution in [0.2, 0.25) is 0 Å². The SMILES string of the molecule is CC(C)C1CC(CC#N)(n2[nH]c(Nc3ccnc(F)c3)c3c(=O)nccc2-3)CCN1C(=O)O. The van der Waals surface area contributed by atoms with Gasteiger partial charge in [0, 0.05) is 36.7 Å². The molecule has 1 saturated heterocycles. The molecule has 3 aliphatic rings. The predicted octanol–water partition coefficient (Wildman–Crippen LogP) is 3.36. The summed E-state index contributed by atoms with van der Waals surface area (Å²) in [5.41, 5.74) is -0.0565. The number of aromatic amines is 1. The van der Waals surface area contributed by atoms with E-state index in [4.69, 9.17) is 0 Å². The first-order chi connectivity index (χ1) is 15.8. The molecule has 10 nitrogen and oxygen atoms in total. The highest BCUT2D eigenvalue weighted by Gasteiger charge is 2.46. The van der Waals surface area contributed by atoms with Crippen LogP contribution in [0, 0.1) is 23.2 Å². The zero-order chi connectivity index (χ0) is 23.8. The van der Waals surface area contributed by atoms with Gasteiger partial charge >= 0.3 is 6.09 Å². The molecule has 2 unspecified atom stereocenters. The van der Waals surface area contributed by atoms with E-state index in [1.54, 1.807) is 16.8 Å². The highest BCUT2D eigenvalue weighted by atomic mass is 19.1. The molecule has 1 aromatic heterocycles. The van der Waals surface area contributed by atoms with Crippen molar-refractivity contribution in [2.45, 2.75) is 44.7 Å². The third-order valence-electron chi connectivity index (χ3n) is 6.31. The van der Waals surface area contributed by atoms with Gasteiger partial charge in [-0.25, -0.2) is 14.8 Å². The number of halogens is 1. The van der Waals surface area contributed by atoms with Gasteiger partial charge in [0.2, 0.25) is 5.95 Å². The van der Waals surface area contributed by atoms with Crippen molar-refractivity contribution in [2.75, 3.05) is 11.9 Å². The van der Waals surface area contributed by atoms with Gasteiger partial charge in [0.1, 0.15) is 11.4 Å². The number of hydrogen-bond donors (Lipinski definition) is 3. The van der Waals surface area contributed by atoms with Crippen molar-refractivity contribution in [3.8, 4) is 17.3 Å². The molecule has 0 radical (unpaired) electrons. The number of nitrogens with one attached hydrogen (secondary N) is 2.